The largest absolute Gasteiger partial charge is 0.330 e. The summed E-state index contributed by atoms with van der Waals surface area (Å²) in [4.78, 5) is 28.2. The van der Waals surface area contributed by atoms with Crippen molar-refractivity contribution in [1.29, 1.82) is 0 Å². The molecule has 1 aromatic heterocycles. The monoisotopic (exact) mass is 237 g/mol. The molecule has 17 heavy (non-hydrogen) atoms. The summed E-state index contributed by atoms with van der Waals surface area (Å²) in [6.07, 6.45) is 6.21. The van der Waals surface area contributed by atoms with Crippen LogP contribution in [0.3, 0.4) is 0 Å². The average Bonchev–Trinajstić information content (AvgIpc) is 2.33. The number of rotatable bonds is 3. The molecule has 5 heteroatoms. The first-order chi connectivity index (χ1) is 8.22. The highest BCUT2D eigenvalue weighted by atomic mass is 16.2. The number of hydrogen-bond donors (Lipinski definition) is 3. The van der Waals surface area contributed by atoms with Crippen LogP contribution >= 0.6 is 0 Å². The van der Waals surface area contributed by atoms with E-state index in [0.717, 1.165) is 18.5 Å². The molecule has 0 spiro atoms. The van der Waals surface area contributed by atoms with Crippen molar-refractivity contribution in [3.05, 3.63) is 32.1 Å². The summed E-state index contributed by atoms with van der Waals surface area (Å²) in [5, 5.41) is 0. The van der Waals surface area contributed by atoms with Crippen LogP contribution in [-0.4, -0.2) is 16.5 Å². The van der Waals surface area contributed by atoms with E-state index >= 15 is 0 Å². The molecule has 1 saturated carbocycles. The van der Waals surface area contributed by atoms with Gasteiger partial charge in [-0.1, -0.05) is 19.3 Å². The fraction of sp³-hybridized carbons (Fsp3) is 0.667. The molecule has 1 aliphatic rings. The van der Waals surface area contributed by atoms with Crippen LogP contribution in [0.15, 0.2) is 9.59 Å². The highest BCUT2D eigenvalue weighted by molar-refractivity contribution is 5.21. The van der Waals surface area contributed by atoms with Crippen molar-refractivity contribution >= 4 is 0 Å². The summed E-state index contributed by atoms with van der Waals surface area (Å²) >= 11 is 0. The summed E-state index contributed by atoms with van der Waals surface area (Å²) in [7, 11) is 0. The van der Waals surface area contributed by atoms with Crippen molar-refractivity contribution in [1.82, 2.24) is 9.97 Å². The van der Waals surface area contributed by atoms with Crippen molar-refractivity contribution < 1.29 is 0 Å². The third-order valence-corrected chi connectivity index (χ3v) is 3.48. The molecular weight excluding hydrogens is 218 g/mol. The van der Waals surface area contributed by atoms with E-state index in [4.69, 9.17) is 5.73 Å². The van der Waals surface area contributed by atoms with Gasteiger partial charge in [-0.15, -0.1) is 0 Å². The van der Waals surface area contributed by atoms with Crippen LogP contribution < -0.4 is 17.0 Å². The Morgan fingerprint density at radius 1 is 1.12 bits per heavy atom. The summed E-state index contributed by atoms with van der Waals surface area (Å²) in [6, 6.07) is 0. The van der Waals surface area contributed by atoms with Gasteiger partial charge in [0.1, 0.15) is 0 Å². The molecule has 0 radical (unpaired) electrons. The van der Waals surface area contributed by atoms with Gasteiger partial charge in [-0.25, -0.2) is 4.79 Å². The average molecular weight is 237 g/mol. The van der Waals surface area contributed by atoms with E-state index in [0.29, 0.717) is 24.4 Å². The Hall–Kier alpha value is -1.36. The molecule has 0 aliphatic heterocycles. The number of nitrogens with two attached hydrogens (primary N) is 1. The van der Waals surface area contributed by atoms with Crippen LogP contribution in [0.4, 0.5) is 0 Å². The van der Waals surface area contributed by atoms with E-state index in [9.17, 15) is 9.59 Å². The highest BCUT2D eigenvalue weighted by Crippen LogP contribution is 2.31. The maximum atomic E-state index is 11.8. The lowest BCUT2D eigenvalue weighted by Gasteiger charge is -2.23. The Morgan fingerprint density at radius 2 is 1.82 bits per heavy atom. The molecule has 4 N–H and O–H groups in total. The van der Waals surface area contributed by atoms with Gasteiger partial charge >= 0.3 is 5.69 Å². The molecule has 2 rings (SSSR count). The van der Waals surface area contributed by atoms with Gasteiger partial charge in [-0.05, 0) is 31.7 Å². The van der Waals surface area contributed by atoms with Crippen molar-refractivity contribution in [2.45, 2.75) is 44.4 Å². The van der Waals surface area contributed by atoms with Crippen LogP contribution in [0.5, 0.6) is 0 Å². The molecule has 0 aromatic carbocycles. The van der Waals surface area contributed by atoms with Gasteiger partial charge in [0.05, 0.1) is 0 Å². The molecule has 1 heterocycles. The molecule has 0 saturated heterocycles. The van der Waals surface area contributed by atoms with Crippen molar-refractivity contribution in [2.75, 3.05) is 6.54 Å². The summed E-state index contributed by atoms with van der Waals surface area (Å²) in [5.41, 5.74) is 6.33. The summed E-state index contributed by atoms with van der Waals surface area (Å²) in [6.45, 7) is 0.425. The van der Waals surface area contributed by atoms with Gasteiger partial charge in [-0.3, -0.25) is 9.78 Å². The second kappa shape index (κ2) is 5.31. The molecule has 0 bridgehead atoms. The molecule has 0 atom stereocenters. The van der Waals surface area contributed by atoms with E-state index in [-0.39, 0.29) is 5.56 Å². The first-order valence-electron chi connectivity index (χ1n) is 6.28. The summed E-state index contributed by atoms with van der Waals surface area (Å²) in [5.74, 6) is 0.320. The Kier molecular flexibility index (Phi) is 3.78. The van der Waals surface area contributed by atoms with Crippen molar-refractivity contribution in [2.24, 2.45) is 5.73 Å². The predicted octanol–water partition coefficient (Wildman–Crippen LogP) is 0.612. The normalized spacial score (nSPS) is 17.2. The minimum absolute atomic E-state index is 0.278. The topological polar surface area (TPSA) is 91.7 Å². The molecule has 94 valence electrons. The van der Waals surface area contributed by atoms with Crippen LogP contribution in [0.25, 0.3) is 0 Å². The van der Waals surface area contributed by atoms with Gasteiger partial charge in [0.2, 0.25) is 0 Å². The molecule has 5 nitrogen and oxygen atoms in total. The van der Waals surface area contributed by atoms with Crippen LogP contribution in [0.2, 0.25) is 0 Å². The number of nitrogens with one attached hydrogen (secondary N) is 2. The minimum Gasteiger partial charge on any atom is -0.330 e. The Bertz CT molecular complexity index is 483. The molecular formula is C12H19N3O2. The minimum atomic E-state index is -0.406. The lowest BCUT2D eigenvalue weighted by molar-refractivity contribution is 0.432. The van der Waals surface area contributed by atoms with E-state index in [1.807, 2.05) is 0 Å². The maximum Gasteiger partial charge on any atom is 0.325 e. The third-order valence-electron chi connectivity index (χ3n) is 3.48. The van der Waals surface area contributed by atoms with Gasteiger partial charge in [0.15, 0.2) is 0 Å². The summed E-state index contributed by atoms with van der Waals surface area (Å²) < 4.78 is 0. The molecule has 1 aliphatic carbocycles. The standard InChI is InChI=1S/C12H19N3O2/c13-7-6-9-10(8-4-2-1-3-5-8)14-12(17)15-11(9)16/h8H,1-7,13H2,(H2,14,15,16,17). The van der Waals surface area contributed by atoms with E-state index in [2.05, 4.69) is 9.97 Å². The molecule has 1 aromatic rings. The zero-order valence-corrected chi connectivity index (χ0v) is 9.92. The zero-order valence-electron chi connectivity index (χ0n) is 9.92. The van der Waals surface area contributed by atoms with E-state index in [1.54, 1.807) is 0 Å². The Balaban J connectivity index is 2.42. The lowest BCUT2D eigenvalue weighted by Crippen LogP contribution is -2.31. The second-order valence-electron chi connectivity index (χ2n) is 4.67. The van der Waals surface area contributed by atoms with Gasteiger partial charge in [0, 0.05) is 11.3 Å². The quantitative estimate of drug-likeness (QED) is 0.719. The first-order valence-corrected chi connectivity index (χ1v) is 6.28. The van der Waals surface area contributed by atoms with Gasteiger partial charge in [-0.2, -0.15) is 0 Å². The Morgan fingerprint density at radius 3 is 2.47 bits per heavy atom. The highest BCUT2D eigenvalue weighted by Gasteiger charge is 2.20. The second-order valence-corrected chi connectivity index (χ2v) is 4.67. The first kappa shape index (κ1) is 12.1. The molecule has 1 fully saturated rings. The van der Waals surface area contributed by atoms with Crippen LogP contribution in [0.1, 0.15) is 49.3 Å². The predicted molar refractivity (Wildman–Crippen MR) is 66.3 cm³/mol. The van der Waals surface area contributed by atoms with E-state index < -0.39 is 5.69 Å². The van der Waals surface area contributed by atoms with Gasteiger partial charge < -0.3 is 10.7 Å². The number of aromatic amines is 2. The lowest BCUT2D eigenvalue weighted by atomic mass is 9.85. The fourth-order valence-corrected chi connectivity index (χ4v) is 2.66. The zero-order chi connectivity index (χ0) is 12.3. The number of hydrogen-bond acceptors (Lipinski definition) is 3. The Labute approximate surface area is 99.4 Å². The smallest absolute Gasteiger partial charge is 0.325 e. The SMILES string of the molecule is NCCc1c(C2CCCCC2)[nH]c(=O)[nH]c1=O. The molecule has 0 amide bonds. The van der Waals surface area contributed by atoms with Gasteiger partial charge in [0.25, 0.3) is 5.56 Å². The van der Waals surface area contributed by atoms with Crippen LogP contribution in [-0.2, 0) is 6.42 Å². The maximum absolute atomic E-state index is 11.8. The fourth-order valence-electron chi connectivity index (χ4n) is 2.66. The third kappa shape index (κ3) is 2.66. The number of H-pyrrole nitrogens is 2. The van der Waals surface area contributed by atoms with Crippen LogP contribution in [0, 0.1) is 0 Å². The van der Waals surface area contributed by atoms with Crippen molar-refractivity contribution in [3.63, 3.8) is 0 Å². The number of aromatic nitrogens is 2. The molecule has 0 unspecified atom stereocenters. The van der Waals surface area contributed by atoms with Crippen molar-refractivity contribution in [3.8, 4) is 0 Å². The van der Waals surface area contributed by atoms with E-state index in [1.165, 1.54) is 19.3 Å².